The first-order chi connectivity index (χ1) is 9.67. The number of hydrogen-bond acceptors (Lipinski definition) is 4. The van der Waals surface area contributed by atoms with Crippen molar-refractivity contribution in [1.29, 1.82) is 0 Å². The zero-order valence-electron chi connectivity index (χ0n) is 12.2. The van der Waals surface area contributed by atoms with Crippen molar-refractivity contribution in [2.75, 3.05) is 13.7 Å². The highest BCUT2D eigenvalue weighted by molar-refractivity contribution is 5.43. The van der Waals surface area contributed by atoms with Crippen LogP contribution in [0.25, 0.3) is 0 Å². The Balaban J connectivity index is 2.23. The molecule has 0 aliphatic rings. The lowest BCUT2D eigenvalue weighted by Gasteiger charge is -2.18. The number of aryl methyl sites for hydroxylation is 2. The molecule has 1 aromatic carbocycles. The van der Waals surface area contributed by atoms with Gasteiger partial charge in [0, 0.05) is 6.54 Å². The van der Waals surface area contributed by atoms with Crippen LogP contribution in [0.2, 0.25) is 0 Å². The second kappa shape index (κ2) is 6.48. The highest BCUT2D eigenvalue weighted by Gasteiger charge is 2.17. The molecular weight excluding hydrogens is 254 g/mol. The fourth-order valence-corrected chi connectivity index (χ4v) is 2.03. The van der Waals surface area contributed by atoms with Gasteiger partial charge in [-0.25, -0.2) is 0 Å². The third-order valence-electron chi connectivity index (χ3n) is 3.20. The zero-order chi connectivity index (χ0) is 14.5. The van der Waals surface area contributed by atoms with Crippen LogP contribution in [0.3, 0.4) is 0 Å². The summed E-state index contributed by atoms with van der Waals surface area (Å²) >= 11 is 0. The van der Waals surface area contributed by atoms with Crippen molar-refractivity contribution in [3.05, 3.63) is 47.4 Å². The van der Waals surface area contributed by atoms with Gasteiger partial charge in [0.2, 0.25) is 0 Å². The predicted octanol–water partition coefficient (Wildman–Crippen LogP) is 3.24. The SMILES string of the molecule is CCc1ccc(OC(CN)c2ccc(C)o2)c(OC)c1. The van der Waals surface area contributed by atoms with E-state index in [1.807, 2.05) is 37.3 Å². The molecule has 0 radical (unpaired) electrons. The Morgan fingerprint density at radius 1 is 1.20 bits per heavy atom. The number of furan rings is 1. The molecule has 0 aliphatic heterocycles. The van der Waals surface area contributed by atoms with E-state index in [0.29, 0.717) is 18.0 Å². The number of benzene rings is 1. The average Bonchev–Trinajstić information content (AvgIpc) is 2.91. The second-order valence-corrected chi connectivity index (χ2v) is 4.63. The first-order valence-electron chi connectivity index (χ1n) is 6.77. The molecule has 2 rings (SSSR count). The van der Waals surface area contributed by atoms with Gasteiger partial charge in [0.15, 0.2) is 17.6 Å². The minimum atomic E-state index is -0.315. The number of methoxy groups -OCH3 is 1. The lowest BCUT2D eigenvalue weighted by atomic mass is 10.1. The normalized spacial score (nSPS) is 12.2. The van der Waals surface area contributed by atoms with Crippen molar-refractivity contribution in [1.82, 2.24) is 0 Å². The Kier molecular flexibility index (Phi) is 4.69. The van der Waals surface area contributed by atoms with E-state index >= 15 is 0 Å². The van der Waals surface area contributed by atoms with Crippen molar-refractivity contribution >= 4 is 0 Å². The maximum atomic E-state index is 5.94. The standard InChI is InChI=1S/C16H21NO3/c1-4-12-6-8-13(15(9-12)18-3)20-16(10-17)14-7-5-11(2)19-14/h5-9,16H,4,10,17H2,1-3H3. The summed E-state index contributed by atoms with van der Waals surface area (Å²) in [6.45, 7) is 4.34. The molecule has 0 bridgehead atoms. The summed E-state index contributed by atoms with van der Waals surface area (Å²) < 4.78 is 16.9. The third kappa shape index (κ3) is 3.14. The van der Waals surface area contributed by atoms with E-state index in [1.165, 1.54) is 5.56 Å². The molecule has 1 unspecified atom stereocenters. The maximum Gasteiger partial charge on any atom is 0.168 e. The summed E-state index contributed by atoms with van der Waals surface area (Å²) in [5, 5.41) is 0. The van der Waals surface area contributed by atoms with Gasteiger partial charge in [-0.15, -0.1) is 0 Å². The molecule has 20 heavy (non-hydrogen) atoms. The molecule has 4 heteroatoms. The lowest BCUT2D eigenvalue weighted by Crippen LogP contribution is -2.18. The molecule has 108 valence electrons. The van der Waals surface area contributed by atoms with Crippen molar-refractivity contribution in [2.45, 2.75) is 26.4 Å². The van der Waals surface area contributed by atoms with Crippen LogP contribution >= 0.6 is 0 Å². The Labute approximate surface area is 119 Å². The molecule has 0 fully saturated rings. The largest absolute Gasteiger partial charge is 0.493 e. The molecule has 0 saturated carbocycles. The van der Waals surface area contributed by atoms with Gasteiger partial charge in [-0.2, -0.15) is 0 Å². The molecule has 1 aromatic heterocycles. The van der Waals surface area contributed by atoms with Crippen molar-refractivity contribution < 1.29 is 13.9 Å². The average molecular weight is 275 g/mol. The predicted molar refractivity (Wildman–Crippen MR) is 78.2 cm³/mol. The molecule has 0 saturated heterocycles. The molecule has 4 nitrogen and oxygen atoms in total. The van der Waals surface area contributed by atoms with Crippen LogP contribution in [-0.4, -0.2) is 13.7 Å². The Hall–Kier alpha value is -1.94. The molecule has 2 N–H and O–H groups in total. The summed E-state index contributed by atoms with van der Waals surface area (Å²) in [7, 11) is 1.64. The lowest BCUT2D eigenvalue weighted by molar-refractivity contribution is 0.175. The van der Waals surface area contributed by atoms with Crippen LogP contribution < -0.4 is 15.2 Å². The van der Waals surface area contributed by atoms with Crippen LogP contribution in [0.15, 0.2) is 34.7 Å². The van der Waals surface area contributed by atoms with Crippen LogP contribution in [0.4, 0.5) is 0 Å². The minimum Gasteiger partial charge on any atom is -0.493 e. The van der Waals surface area contributed by atoms with Crippen LogP contribution in [0, 0.1) is 6.92 Å². The van der Waals surface area contributed by atoms with Gasteiger partial charge in [-0.3, -0.25) is 0 Å². The minimum absolute atomic E-state index is 0.315. The van der Waals surface area contributed by atoms with E-state index in [9.17, 15) is 0 Å². The maximum absolute atomic E-state index is 5.94. The number of nitrogens with two attached hydrogens (primary N) is 1. The van der Waals surface area contributed by atoms with E-state index in [2.05, 4.69) is 6.92 Å². The molecule has 0 aliphatic carbocycles. The van der Waals surface area contributed by atoms with E-state index in [-0.39, 0.29) is 6.10 Å². The highest BCUT2D eigenvalue weighted by Crippen LogP contribution is 2.32. The van der Waals surface area contributed by atoms with Gasteiger partial charge in [-0.1, -0.05) is 13.0 Å². The van der Waals surface area contributed by atoms with Crippen LogP contribution in [0.5, 0.6) is 11.5 Å². The Bertz CT molecular complexity index is 563. The van der Waals surface area contributed by atoms with Crippen molar-refractivity contribution in [2.24, 2.45) is 5.73 Å². The van der Waals surface area contributed by atoms with E-state index in [0.717, 1.165) is 17.9 Å². The smallest absolute Gasteiger partial charge is 0.168 e. The van der Waals surface area contributed by atoms with Crippen molar-refractivity contribution in [3.63, 3.8) is 0 Å². The summed E-state index contributed by atoms with van der Waals surface area (Å²) in [6, 6.07) is 9.71. The van der Waals surface area contributed by atoms with Gasteiger partial charge in [0.1, 0.15) is 11.5 Å². The van der Waals surface area contributed by atoms with Crippen molar-refractivity contribution in [3.8, 4) is 11.5 Å². The molecule has 0 amide bonds. The molecule has 1 heterocycles. The summed E-state index contributed by atoms with van der Waals surface area (Å²) in [4.78, 5) is 0. The van der Waals surface area contributed by atoms with E-state index in [1.54, 1.807) is 7.11 Å². The number of hydrogen-bond donors (Lipinski definition) is 1. The van der Waals surface area contributed by atoms with Crippen LogP contribution in [0.1, 0.15) is 30.1 Å². The quantitative estimate of drug-likeness (QED) is 0.879. The van der Waals surface area contributed by atoms with Gasteiger partial charge in [-0.05, 0) is 43.2 Å². The van der Waals surface area contributed by atoms with Gasteiger partial charge >= 0.3 is 0 Å². The highest BCUT2D eigenvalue weighted by atomic mass is 16.5. The van der Waals surface area contributed by atoms with Gasteiger partial charge < -0.3 is 19.6 Å². The fourth-order valence-electron chi connectivity index (χ4n) is 2.03. The summed E-state index contributed by atoms with van der Waals surface area (Å²) in [6.07, 6.45) is 0.638. The molecule has 1 atom stereocenters. The first kappa shape index (κ1) is 14.5. The Morgan fingerprint density at radius 3 is 2.55 bits per heavy atom. The molecule has 2 aromatic rings. The number of rotatable bonds is 6. The van der Waals surface area contributed by atoms with E-state index < -0.39 is 0 Å². The Morgan fingerprint density at radius 2 is 2.00 bits per heavy atom. The topological polar surface area (TPSA) is 57.6 Å². The summed E-state index contributed by atoms with van der Waals surface area (Å²) in [5.74, 6) is 2.96. The van der Waals surface area contributed by atoms with Crippen LogP contribution in [-0.2, 0) is 6.42 Å². The molecular formula is C16H21NO3. The first-order valence-corrected chi connectivity index (χ1v) is 6.77. The second-order valence-electron chi connectivity index (χ2n) is 4.63. The summed E-state index contributed by atoms with van der Waals surface area (Å²) in [5.41, 5.74) is 6.98. The fraction of sp³-hybridized carbons (Fsp3) is 0.375. The van der Waals surface area contributed by atoms with Gasteiger partial charge in [0.05, 0.1) is 7.11 Å². The number of ether oxygens (including phenoxy) is 2. The molecule has 0 spiro atoms. The zero-order valence-corrected chi connectivity index (χ0v) is 12.2. The monoisotopic (exact) mass is 275 g/mol. The van der Waals surface area contributed by atoms with Gasteiger partial charge in [0.25, 0.3) is 0 Å². The van der Waals surface area contributed by atoms with E-state index in [4.69, 9.17) is 19.6 Å². The third-order valence-corrected chi connectivity index (χ3v) is 3.20.